The Morgan fingerprint density at radius 3 is 2.66 bits per heavy atom. The number of halogens is 1. The third-order valence-corrected chi connectivity index (χ3v) is 8.91. The fraction of sp³-hybridized carbons (Fsp3) is 0.600. The van der Waals surface area contributed by atoms with Crippen molar-refractivity contribution in [3.05, 3.63) is 62.7 Å². The van der Waals surface area contributed by atoms with E-state index >= 15 is 0 Å². The molecule has 2 aliphatic rings. The Labute approximate surface area is 205 Å². The van der Waals surface area contributed by atoms with Crippen LogP contribution in [0.25, 0.3) is 0 Å². The van der Waals surface area contributed by atoms with Gasteiger partial charge in [0.15, 0.2) is 21.4 Å². The van der Waals surface area contributed by atoms with Gasteiger partial charge >= 0.3 is 5.69 Å². The number of benzene rings is 1. The second-order valence-corrected chi connectivity index (χ2v) is 12.3. The third-order valence-electron chi connectivity index (χ3n) is 7.01. The highest BCUT2D eigenvalue weighted by molar-refractivity contribution is 7.91. The molecule has 0 bridgehead atoms. The highest BCUT2D eigenvalue weighted by Gasteiger charge is 2.42. The number of likely N-dealkylation sites (N-methyl/N-ethyl adjacent to an activating group) is 1. The zero-order valence-electron chi connectivity index (χ0n) is 20.2. The fourth-order valence-corrected chi connectivity index (χ4v) is 6.88. The second-order valence-electron chi connectivity index (χ2n) is 10.1. The second kappa shape index (κ2) is 10.7. The van der Waals surface area contributed by atoms with Gasteiger partial charge in [0.2, 0.25) is 0 Å². The molecule has 2 aromatic rings. The standard InChI is InChI=1S/C25H34FN3O5S/c1-28-13-10-25(17-28,20-7-8-21(26)22(15-20)34-16-19-5-6-19)18-35(32,33)14-4-2-3-11-29-12-9-23(30)27-24(29)31/h7-9,12,15,19H,2-6,10-11,13-14,16-18H2,1H3,(H,27,30,31). The molecule has 1 aromatic carbocycles. The van der Waals surface area contributed by atoms with Gasteiger partial charge in [-0.25, -0.2) is 17.6 Å². The van der Waals surface area contributed by atoms with E-state index in [-0.39, 0.29) is 17.3 Å². The van der Waals surface area contributed by atoms with Gasteiger partial charge in [0.1, 0.15) is 0 Å². The first kappa shape index (κ1) is 25.6. The number of nitrogens with one attached hydrogen (secondary N) is 1. The number of unbranched alkanes of at least 4 members (excludes halogenated alkanes) is 2. The molecular formula is C25H34FN3O5S. The van der Waals surface area contributed by atoms with Crippen molar-refractivity contribution < 1.29 is 17.5 Å². The number of hydrogen-bond donors (Lipinski definition) is 1. The van der Waals surface area contributed by atoms with Gasteiger partial charge in [-0.2, -0.15) is 0 Å². The maximum absolute atomic E-state index is 14.4. The van der Waals surface area contributed by atoms with Crippen LogP contribution in [0, 0.1) is 11.7 Å². The Morgan fingerprint density at radius 1 is 1.17 bits per heavy atom. The summed E-state index contributed by atoms with van der Waals surface area (Å²) >= 11 is 0. The number of sulfone groups is 1. The van der Waals surface area contributed by atoms with Crippen molar-refractivity contribution in [3.8, 4) is 5.75 Å². The minimum Gasteiger partial charge on any atom is -0.490 e. The van der Waals surface area contributed by atoms with Gasteiger partial charge in [0, 0.05) is 30.8 Å². The average molecular weight is 508 g/mol. The summed E-state index contributed by atoms with van der Waals surface area (Å²) in [5.41, 5.74) is -0.679. The molecule has 1 atom stereocenters. The summed E-state index contributed by atoms with van der Waals surface area (Å²) in [6.07, 6.45) is 6.12. The van der Waals surface area contributed by atoms with Crippen molar-refractivity contribution in [3.63, 3.8) is 0 Å². The van der Waals surface area contributed by atoms with E-state index in [4.69, 9.17) is 4.74 Å². The van der Waals surface area contributed by atoms with E-state index in [1.165, 1.54) is 22.9 Å². The number of aromatic amines is 1. The van der Waals surface area contributed by atoms with Gasteiger partial charge in [-0.05, 0) is 69.3 Å². The Morgan fingerprint density at radius 2 is 1.97 bits per heavy atom. The number of aromatic nitrogens is 2. The van der Waals surface area contributed by atoms with Crippen LogP contribution in [-0.2, 0) is 21.8 Å². The van der Waals surface area contributed by atoms with E-state index < -0.39 is 32.3 Å². The summed E-state index contributed by atoms with van der Waals surface area (Å²) in [4.78, 5) is 27.2. The van der Waals surface area contributed by atoms with E-state index in [0.717, 1.165) is 24.9 Å². The van der Waals surface area contributed by atoms with Crippen molar-refractivity contribution >= 4 is 9.84 Å². The van der Waals surface area contributed by atoms with E-state index in [1.807, 2.05) is 7.05 Å². The molecular weight excluding hydrogens is 473 g/mol. The number of H-pyrrole nitrogens is 1. The van der Waals surface area contributed by atoms with Crippen molar-refractivity contribution in [2.75, 3.05) is 38.2 Å². The lowest BCUT2D eigenvalue weighted by Crippen LogP contribution is -2.38. The van der Waals surface area contributed by atoms with E-state index in [2.05, 4.69) is 9.88 Å². The number of nitrogens with zero attached hydrogens (tertiary/aromatic N) is 2. The summed E-state index contributed by atoms with van der Waals surface area (Å²) in [5.74, 6) is 0.356. The molecule has 1 aliphatic carbocycles. The Kier molecular flexibility index (Phi) is 7.80. The Bertz CT molecular complexity index is 1250. The van der Waals surface area contributed by atoms with Gasteiger partial charge in [0.05, 0.1) is 18.1 Å². The lowest BCUT2D eigenvalue weighted by Gasteiger charge is -2.30. The maximum Gasteiger partial charge on any atom is 0.328 e. The van der Waals surface area contributed by atoms with Gasteiger partial charge in [0.25, 0.3) is 5.56 Å². The molecule has 10 heteroatoms. The van der Waals surface area contributed by atoms with Crippen LogP contribution in [0.2, 0.25) is 0 Å². The van der Waals surface area contributed by atoms with E-state index in [1.54, 1.807) is 12.1 Å². The summed E-state index contributed by atoms with van der Waals surface area (Å²) in [5, 5.41) is 0. The van der Waals surface area contributed by atoms with Crippen molar-refractivity contribution in [1.82, 2.24) is 14.5 Å². The largest absolute Gasteiger partial charge is 0.490 e. The normalized spacial score (nSPS) is 20.9. The van der Waals surface area contributed by atoms with Crippen LogP contribution < -0.4 is 16.0 Å². The number of ether oxygens (including phenoxy) is 1. The zero-order valence-corrected chi connectivity index (χ0v) is 21.0. The van der Waals surface area contributed by atoms with Crippen LogP contribution in [0.3, 0.4) is 0 Å². The molecule has 1 saturated heterocycles. The van der Waals surface area contributed by atoms with Gasteiger partial charge in [-0.3, -0.25) is 9.78 Å². The lowest BCUT2D eigenvalue weighted by atomic mass is 9.81. The van der Waals surface area contributed by atoms with Crippen LogP contribution in [0.1, 0.15) is 44.1 Å². The van der Waals surface area contributed by atoms with Gasteiger partial charge in [-0.15, -0.1) is 0 Å². The molecule has 4 rings (SSSR count). The highest BCUT2D eigenvalue weighted by atomic mass is 32.2. The predicted molar refractivity (Wildman–Crippen MR) is 132 cm³/mol. The fourth-order valence-electron chi connectivity index (χ4n) is 4.85. The molecule has 1 saturated carbocycles. The lowest BCUT2D eigenvalue weighted by molar-refractivity contribution is 0.284. The van der Waals surface area contributed by atoms with E-state index in [0.29, 0.717) is 51.3 Å². The van der Waals surface area contributed by atoms with Crippen molar-refractivity contribution in [1.29, 1.82) is 0 Å². The SMILES string of the molecule is CN1CCC(CS(=O)(=O)CCCCCn2ccc(=O)[nH]c2=O)(c2ccc(F)c(OCC3CC3)c2)C1. The summed E-state index contributed by atoms with van der Waals surface area (Å²) in [7, 11) is -1.40. The molecule has 192 valence electrons. The van der Waals surface area contributed by atoms with Crippen molar-refractivity contribution in [2.45, 2.75) is 50.5 Å². The highest BCUT2D eigenvalue weighted by Crippen LogP contribution is 2.38. The maximum atomic E-state index is 14.4. The third kappa shape index (κ3) is 6.82. The molecule has 1 N–H and O–H groups in total. The number of rotatable bonds is 12. The van der Waals surface area contributed by atoms with Gasteiger partial charge < -0.3 is 14.2 Å². The number of likely N-dealkylation sites (tertiary alicyclic amines) is 1. The quantitative estimate of drug-likeness (QED) is 0.443. The Balaban J connectivity index is 1.38. The molecule has 2 fully saturated rings. The first-order chi connectivity index (χ1) is 16.7. The van der Waals surface area contributed by atoms with Crippen LogP contribution in [0.5, 0.6) is 5.75 Å². The molecule has 0 radical (unpaired) electrons. The first-order valence-electron chi connectivity index (χ1n) is 12.3. The molecule has 1 unspecified atom stereocenters. The summed E-state index contributed by atoms with van der Waals surface area (Å²) in [6.45, 7) is 2.29. The van der Waals surface area contributed by atoms with Crippen LogP contribution >= 0.6 is 0 Å². The van der Waals surface area contributed by atoms with E-state index in [9.17, 15) is 22.4 Å². The molecule has 1 aromatic heterocycles. The topological polar surface area (TPSA) is 101 Å². The van der Waals surface area contributed by atoms with Gasteiger partial charge in [-0.1, -0.05) is 12.5 Å². The minimum absolute atomic E-state index is 0.0113. The van der Waals surface area contributed by atoms with Crippen molar-refractivity contribution in [2.24, 2.45) is 5.92 Å². The molecule has 35 heavy (non-hydrogen) atoms. The average Bonchev–Trinajstić information content (AvgIpc) is 3.55. The Hall–Kier alpha value is -2.46. The molecule has 1 aliphatic heterocycles. The predicted octanol–water partition coefficient (Wildman–Crippen LogP) is 2.32. The monoisotopic (exact) mass is 507 g/mol. The van der Waals surface area contributed by atoms with Crippen LogP contribution in [0.4, 0.5) is 4.39 Å². The number of hydrogen-bond acceptors (Lipinski definition) is 6. The minimum atomic E-state index is -3.37. The molecule has 2 heterocycles. The summed E-state index contributed by atoms with van der Waals surface area (Å²) in [6, 6.07) is 6.09. The van der Waals surface area contributed by atoms with Crippen LogP contribution in [-0.4, -0.2) is 61.1 Å². The molecule has 8 nitrogen and oxygen atoms in total. The molecule has 0 spiro atoms. The first-order valence-corrected chi connectivity index (χ1v) is 14.1. The smallest absolute Gasteiger partial charge is 0.328 e. The summed E-state index contributed by atoms with van der Waals surface area (Å²) < 4.78 is 47.8. The van der Waals surface area contributed by atoms with Crippen LogP contribution in [0.15, 0.2) is 40.1 Å². The zero-order chi connectivity index (χ0) is 25.1. The number of aryl methyl sites for hydroxylation is 1. The molecule has 0 amide bonds.